The van der Waals surface area contributed by atoms with Crippen molar-refractivity contribution in [1.29, 1.82) is 0 Å². The van der Waals surface area contributed by atoms with E-state index in [1.807, 2.05) is 0 Å². The summed E-state index contributed by atoms with van der Waals surface area (Å²) in [5, 5.41) is 0. The summed E-state index contributed by atoms with van der Waals surface area (Å²) in [7, 11) is -2.18. The van der Waals surface area contributed by atoms with Crippen LogP contribution >= 0.6 is 0 Å². The Bertz CT molecular complexity index is 977. The second-order valence-corrected chi connectivity index (χ2v) is 8.02. The van der Waals surface area contributed by atoms with Gasteiger partial charge in [0, 0.05) is 37.0 Å². The summed E-state index contributed by atoms with van der Waals surface area (Å²) in [5.74, 6) is -0.632. The third-order valence-corrected chi connectivity index (χ3v) is 6.40. The Morgan fingerprint density at radius 3 is 2.67 bits per heavy atom. The topological polar surface area (TPSA) is 102 Å². The van der Waals surface area contributed by atoms with E-state index in [0.29, 0.717) is 23.1 Å². The molecule has 0 saturated heterocycles. The molecule has 0 saturated carbocycles. The lowest BCUT2D eigenvalue weighted by atomic mass is 9.71. The number of aliphatic imine (C=N–C) groups is 1. The van der Waals surface area contributed by atoms with Gasteiger partial charge in [-0.3, -0.25) is 0 Å². The predicted octanol–water partition coefficient (Wildman–Crippen LogP) is 0.624. The van der Waals surface area contributed by atoms with Crippen molar-refractivity contribution in [3.63, 3.8) is 0 Å². The largest absolute Gasteiger partial charge is 0.369 e. The maximum Gasteiger partial charge on any atom is 0.239 e. The number of aromatic nitrogens is 2. The van der Waals surface area contributed by atoms with Crippen molar-refractivity contribution in [2.24, 2.45) is 10.7 Å². The third kappa shape index (κ3) is 2.01. The Morgan fingerprint density at radius 1 is 1.29 bits per heavy atom. The highest BCUT2D eigenvalue weighted by Gasteiger charge is 2.50. The van der Waals surface area contributed by atoms with Gasteiger partial charge in [-0.1, -0.05) is 0 Å². The van der Waals surface area contributed by atoms with E-state index in [-0.39, 0.29) is 11.7 Å². The van der Waals surface area contributed by atoms with Gasteiger partial charge in [-0.15, -0.1) is 0 Å². The molecule has 24 heavy (non-hydrogen) atoms. The van der Waals surface area contributed by atoms with Crippen LogP contribution in [0.3, 0.4) is 0 Å². The molecule has 4 rings (SSSR count). The lowest BCUT2D eigenvalue weighted by Gasteiger charge is -2.44. The van der Waals surface area contributed by atoms with E-state index in [1.54, 1.807) is 6.07 Å². The normalized spacial score (nSPS) is 24.2. The van der Waals surface area contributed by atoms with Crippen LogP contribution in [0.5, 0.6) is 0 Å². The molecule has 1 atom stereocenters. The van der Waals surface area contributed by atoms with Crippen LogP contribution in [-0.2, 0) is 22.0 Å². The predicted molar refractivity (Wildman–Crippen MR) is 86.0 cm³/mol. The zero-order valence-corrected chi connectivity index (χ0v) is 13.6. The van der Waals surface area contributed by atoms with E-state index in [9.17, 15) is 12.8 Å². The Morgan fingerprint density at radius 2 is 2.00 bits per heavy atom. The second-order valence-electron chi connectivity index (χ2n) is 6.02. The molecule has 2 aromatic rings. The Kier molecular flexibility index (Phi) is 2.96. The molecular weight excluding hydrogens is 333 g/mol. The van der Waals surface area contributed by atoms with E-state index >= 15 is 0 Å². The number of nitrogens with zero attached hydrogens (tertiary/aromatic N) is 4. The average Bonchev–Trinajstić information content (AvgIpc) is 2.52. The van der Waals surface area contributed by atoms with Crippen LogP contribution in [0.25, 0.3) is 11.1 Å². The van der Waals surface area contributed by atoms with Gasteiger partial charge in [0.2, 0.25) is 16.0 Å². The molecule has 1 aromatic heterocycles. The second kappa shape index (κ2) is 4.73. The number of halogens is 1. The number of hydrogen-bond donors (Lipinski definition) is 1. The number of nitrogens with two attached hydrogens (primary N) is 1. The molecule has 0 amide bonds. The van der Waals surface area contributed by atoms with Gasteiger partial charge in [0.05, 0.1) is 5.75 Å². The van der Waals surface area contributed by atoms with Gasteiger partial charge in [0.25, 0.3) is 0 Å². The Labute approximate surface area is 138 Å². The standard InChI is InChI=1S/C15H14FN5O2S/c1-21-14(17)20-15(7-24(21,22)23)4-9-2-13(16)11(3-12(9)15)10-5-18-8-19-6-10/h2-3,5-6,8H,4,7H2,1H3,(H2,17,20)/t15-/m0/s1. The quantitative estimate of drug-likeness (QED) is 0.815. The number of rotatable bonds is 1. The van der Waals surface area contributed by atoms with Crippen LogP contribution in [0, 0.1) is 5.82 Å². The van der Waals surface area contributed by atoms with Crippen molar-refractivity contribution in [1.82, 2.24) is 14.3 Å². The highest BCUT2D eigenvalue weighted by atomic mass is 32.2. The molecule has 0 fully saturated rings. The SMILES string of the molecule is CN1C(N)=N[C@@]2(Cc3cc(F)c(-c4cncnc4)cc32)CS1(=O)=O. The molecule has 1 spiro atoms. The first-order valence-corrected chi connectivity index (χ1v) is 8.83. The fourth-order valence-corrected chi connectivity index (χ4v) is 4.69. The van der Waals surface area contributed by atoms with E-state index in [2.05, 4.69) is 15.0 Å². The lowest BCUT2D eigenvalue weighted by molar-refractivity contribution is 0.399. The molecule has 0 radical (unpaired) electrons. The van der Waals surface area contributed by atoms with Gasteiger partial charge >= 0.3 is 0 Å². The summed E-state index contributed by atoms with van der Waals surface area (Å²) >= 11 is 0. The molecule has 124 valence electrons. The van der Waals surface area contributed by atoms with Crippen molar-refractivity contribution in [3.8, 4) is 11.1 Å². The maximum absolute atomic E-state index is 14.4. The lowest BCUT2D eigenvalue weighted by Crippen LogP contribution is -2.55. The van der Waals surface area contributed by atoms with Gasteiger partial charge in [0.15, 0.2) is 0 Å². The number of hydrogen-bond acceptors (Lipinski definition) is 6. The highest BCUT2D eigenvalue weighted by Crippen LogP contribution is 2.47. The third-order valence-electron chi connectivity index (χ3n) is 4.54. The first-order valence-electron chi connectivity index (χ1n) is 7.23. The van der Waals surface area contributed by atoms with Gasteiger partial charge in [-0.25, -0.2) is 32.1 Å². The summed E-state index contributed by atoms with van der Waals surface area (Å²) in [6, 6.07) is 3.05. The van der Waals surface area contributed by atoms with Crippen molar-refractivity contribution in [3.05, 3.63) is 47.8 Å². The summed E-state index contributed by atoms with van der Waals surface area (Å²) in [6.45, 7) is 0. The minimum Gasteiger partial charge on any atom is -0.369 e. The smallest absolute Gasteiger partial charge is 0.239 e. The van der Waals surface area contributed by atoms with Crippen LogP contribution < -0.4 is 5.73 Å². The van der Waals surface area contributed by atoms with Crippen LogP contribution in [-0.4, -0.2) is 41.5 Å². The number of fused-ring (bicyclic) bond motifs is 2. The van der Waals surface area contributed by atoms with Crippen molar-refractivity contribution < 1.29 is 12.8 Å². The van der Waals surface area contributed by atoms with Crippen LogP contribution in [0.15, 0.2) is 35.8 Å². The Balaban J connectivity index is 1.87. The molecule has 0 bridgehead atoms. The van der Waals surface area contributed by atoms with Crippen molar-refractivity contribution >= 4 is 16.0 Å². The minimum atomic E-state index is -3.55. The van der Waals surface area contributed by atoms with Gasteiger partial charge in [-0.2, -0.15) is 0 Å². The van der Waals surface area contributed by atoms with E-state index < -0.39 is 21.4 Å². The molecule has 2 aliphatic rings. The fourth-order valence-electron chi connectivity index (χ4n) is 3.25. The van der Waals surface area contributed by atoms with Crippen molar-refractivity contribution in [2.45, 2.75) is 12.0 Å². The van der Waals surface area contributed by atoms with Gasteiger partial charge < -0.3 is 5.73 Å². The van der Waals surface area contributed by atoms with Crippen LogP contribution in [0.1, 0.15) is 11.1 Å². The van der Waals surface area contributed by atoms with Gasteiger partial charge in [0.1, 0.15) is 17.7 Å². The fraction of sp³-hybridized carbons (Fsp3) is 0.267. The van der Waals surface area contributed by atoms with E-state index in [4.69, 9.17) is 5.73 Å². The number of benzene rings is 1. The van der Waals surface area contributed by atoms with E-state index in [1.165, 1.54) is 31.8 Å². The summed E-state index contributed by atoms with van der Waals surface area (Å²) in [4.78, 5) is 12.2. The monoisotopic (exact) mass is 347 g/mol. The number of guanidine groups is 1. The molecule has 2 N–H and O–H groups in total. The summed E-state index contributed by atoms with van der Waals surface area (Å²) in [5.41, 5.74) is 7.10. The van der Waals surface area contributed by atoms with Crippen molar-refractivity contribution in [2.75, 3.05) is 12.8 Å². The molecule has 7 nitrogen and oxygen atoms in total. The summed E-state index contributed by atoms with van der Waals surface area (Å²) < 4.78 is 39.9. The Hall–Kier alpha value is -2.55. The van der Waals surface area contributed by atoms with Crippen LogP contribution in [0.4, 0.5) is 4.39 Å². The molecule has 1 aliphatic carbocycles. The van der Waals surface area contributed by atoms with Gasteiger partial charge in [-0.05, 0) is 23.3 Å². The molecule has 2 heterocycles. The van der Waals surface area contributed by atoms with E-state index in [0.717, 1.165) is 9.87 Å². The highest BCUT2D eigenvalue weighted by molar-refractivity contribution is 7.89. The maximum atomic E-state index is 14.4. The molecule has 1 aliphatic heterocycles. The molecule has 1 aromatic carbocycles. The minimum absolute atomic E-state index is 0.0548. The molecule has 0 unspecified atom stereocenters. The number of sulfonamides is 1. The average molecular weight is 347 g/mol. The zero-order chi connectivity index (χ0) is 17.1. The molecular formula is C15H14FN5O2S. The zero-order valence-electron chi connectivity index (χ0n) is 12.8. The summed E-state index contributed by atoms with van der Waals surface area (Å²) in [6.07, 6.45) is 4.72. The first-order chi connectivity index (χ1) is 11.3. The molecule has 9 heteroatoms. The van der Waals surface area contributed by atoms with Crippen LogP contribution in [0.2, 0.25) is 0 Å². The first kappa shape index (κ1) is 15.0.